The largest absolute Gasteiger partial charge is 1.00 e. The number of carbonyl (C=O) groups is 1. The molecule has 6 heteroatoms. The predicted octanol–water partition coefficient (Wildman–Crippen LogP) is -1.19. The summed E-state index contributed by atoms with van der Waals surface area (Å²) in [6.45, 7) is 7.05. The van der Waals surface area contributed by atoms with E-state index in [-0.39, 0.29) is 24.4 Å². The van der Waals surface area contributed by atoms with E-state index in [0.29, 0.717) is 24.5 Å². The van der Waals surface area contributed by atoms with Crippen LogP contribution < -0.4 is 18.1 Å². The number of carbonyl (C=O) groups excluding carboxylic acids is 1. The second-order valence-corrected chi connectivity index (χ2v) is 7.30. The summed E-state index contributed by atoms with van der Waals surface area (Å²) < 4.78 is 0. The van der Waals surface area contributed by atoms with Crippen molar-refractivity contribution in [1.82, 2.24) is 4.90 Å². The second kappa shape index (κ2) is 7.39. The van der Waals surface area contributed by atoms with Crippen molar-refractivity contribution in [3.63, 3.8) is 0 Å². The predicted molar refractivity (Wildman–Crippen MR) is 87.3 cm³/mol. The van der Waals surface area contributed by atoms with E-state index in [0.717, 1.165) is 12.0 Å². The Kier molecular flexibility index (Phi) is 6.50. The van der Waals surface area contributed by atoms with Crippen molar-refractivity contribution in [2.45, 2.75) is 45.3 Å². The molecule has 1 fully saturated rings. The normalized spacial score (nSPS) is 24.7. The van der Waals surface area contributed by atoms with Gasteiger partial charge in [-0.05, 0) is 24.1 Å². The van der Waals surface area contributed by atoms with E-state index in [2.05, 4.69) is 5.73 Å². The molecule has 4 N–H and O–H groups in total. The lowest BCUT2D eigenvalue weighted by Crippen LogP contribution is -3.00. The quantitative estimate of drug-likeness (QED) is 0.711. The number of likely N-dealkylation sites (tertiary alicyclic amines) is 1. The Morgan fingerprint density at radius 1 is 1.39 bits per heavy atom. The maximum atomic E-state index is 12.4. The molecule has 0 saturated carbocycles. The molecule has 0 aromatic heterocycles. The van der Waals surface area contributed by atoms with E-state index in [9.17, 15) is 9.90 Å². The fourth-order valence-electron chi connectivity index (χ4n) is 3.20. The van der Waals surface area contributed by atoms with Crippen molar-refractivity contribution < 1.29 is 28.0 Å². The summed E-state index contributed by atoms with van der Waals surface area (Å²) in [5.41, 5.74) is 3.37. The Morgan fingerprint density at radius 3 is 2.43 bits per heavy atom. The van der Waals surface area contributed by atoms with Gasteiger partial charge >= 0.3 is 0 Å². The minimum absolute atomic E-state index is 0. The number of amides is 1. The zero-order valence-corrected chi connectivity index (χ0v) is 15.5. The average Bonchev–Trinajstić information content (AvgIpc) is 2.49. The van der Waals surface area contributed by atoms with E-state index in [1.807, 2.05) is 37.8 Å². The van der Waals surface area contributed by atoms with Crippen molar-refractivity contribution in [1.29, 1.82) is 0 Å². The molecule has 1 aromatic rings. The Morgan fingerprint density at radius 2 is 1.96 bits per heavy atom. The summed E-state index contributed by atoms with van der Waals surface area (Å²) in [4.78, 5) is 14.2. The smallest absolute Gasteiger partial charge is 0.280 e. The molecule has 1 aliphatic rings. The van der Waals surface area contributed by atoms with E-state index < -0.39 is 11.0 Å². The van der Waals surface area contributed by atoms with Gasteiger partial charge in [-0.2, -0.15) is 0 Å². The van der Waals surface area contributed by atoms with E-state index in [1.165, 1.54) is 0 Å². The van der Waals surface area contributed by atoms with Crippen LogP contribution in [0.4, 0.5) is 0 Å². The summed E-state index contributed by atoms with van der Waals surface area (Å²) in [7, 11) is 0. The molecule has 1 amide bonds. The zero-order chi connectivity index (χ0) is 16.5. The molecule has 0 unspecified atom stereocenters. The van der Waals surface area contributed by atoms with E-state index in [1.54, 1.807) is 12.1 Å². The number of piperidine rings is 1. The minimum Gasteiger partial charge on any atom is -1.00 e. The molecule has 1 saturated heterocycles. The molecule has 1 heterocycles. The van der Waals surface area contributed by atoms with Crippen molar-refractivity contribution in [2.24, 2.45) is 5.41 Å². The first-order valence-electron chi connectivity index (χ1n) is 7.81. The molecule has 130 valence electrons. The first kappa shape index (κ1) is 20.2. The van der Waals surface area contributed by atoms with Gasteiger partial charge in [0, 0.05) is 29.9 Å². The summed E-state index contributed by atoms with van der Waals surface area (Å²) in [6.07, 6.45) is 1.25. The van der Waals surface area contributed by atoms with Gasteiger partial charge in [0.2, 0.25) is 0 Å². The van der Waals surface area contributed by atoms with Crippen molar-refractivity contribution in [3.8, 4) is 0 Å². The van der Waals surface area contributed by atoms with Crippen LogP contribution in [-0.2, 0) is 10.4 Å². The molecule has 1 aromatic carbocycles. The monoisotopic (exact) mass is 360 g/mol. The van der Waals surface area contributed by atoms with Crippen LogP contribution in [0.25, 0.3) is 0 Å². The lowest BCUT2D eigenvalue weighted by Gasteiger charge is -2.50. The number of quaternary nitrogens is 1. The van der Waals surface area contributed by atoms with Crippen LogP contribution in [0.15, 0.2) is 24.3 Å². The van der Waals surface area contributed by atoms with Crippen molar-refractivity contribution >= 4 is 17.5 Å². The number of benzene rings is 1. The van der Waals surface area contributed by atoms with Crippen molar-refractivity contribution in [3.05, 3.63) is 34.9 Å². The molecular formula is C17H26Cl2N2O2. The molecule has 0 bridgehead atoms. The number of rotatable bonds is 3. The van der Waals surface area contributed by atoms with E-state index >= 15 is 0 Å². The Labute approximate surface area is 149 Å². The van der Waals surface area contributed by atoms with Gasteiger partial charge < -0.3 is 28.1 Å². The average molecular weight is 361 g/mol. The number of hydrogen-bond donors (Lipinski definition) is 2. The molecule has 23 heavy (non-hydrogen) atoms. The van der Waals surface area contributed by atoms with Crippen LogP contribution in [0.5, 0.6) is 0 Å². The minimum atomic E-state index is -0.961. The third-order valence-corrected chi connectivity index (χ3v) is 5.18. The fourth-order valence-corrected chi connectivity index (χ4v) is 3.33. The van der Waals surface area contributed by atoms with Gasteiger partial charge in [0.15, 0.2) is 6.04 Å². The lowest BCUT2D eigenvalue weighted by molar-refractivity contribution is -0.406. The van der Waals surface area contributed by atoms with Crippen LogP contribution in [0.3, 0.4) is 0 Å². The molecule has 0 spiro atoms. The fraction of sp³-hybridized carbons (Fsp3) is 0.588. The highest BCUT2D eigenvalue weighted by atomic mass is 35.5. The third kappa shape index (κ3) is 3.82. The molecule has 2 atom stereocenters. The molecule has 0 aliphatic carbocycles. The molecule has 2 rings (SSSR count). The SMILES string of the molecule is CC[C@@H]([NH3+])C(=O)N1CC[C@](O)(c2ccc(Cl)cc2)C(C)(C)C1.[Cl-]. The molecular weight excluding hydrogens is 335 g/mol. The maximum Gasteiger partial charge on any atom is 0.280 e. The summed E-state index contributed by atoms with van der Waals surface area (Å²) >= 11 is 5.94. The first-order chi connectivity index (χ1) is 10.2. The van der Waals surface area contributed by atoms with Gasteiger partial charge in [-0.25, -0.2) is 0 Å². The third-order valence-electron chi connectivity index (χ3n) is 4.92. The molecule has 0 radical (unpaired) electrons. The summed E-state index contributed by atoms with van der Waals surface area (Å²) in [6, 6.07) is 7.13. The Hall–Kier alpha value is -0.810. The highest BCUT2D eigenvalue weighted by molar-refractivity contribution is 6.30. The van der Waals surface area contributed by atoms with Gasteiger partial charge in [0.25, 0.3) is 5.91 Å². The maximum absolute atomic E-state index is 12.4. The van der Waals surface area contributed by atoms with Gasteiger partial charge in [-0.3, -0.25) is 4.79 Å². The lowest BCUT2D eigenvalue weighted by atomic mass is 9.66. The number of aliphatic hydroxyl groups is 1. The Bertz CT molecular complexity index is 548. The van der Waals surface area contributed by atoms with Gasteiger partial charge in [-0.15, -0.1) is 0 Å². The van der Waals surface area contributed by atoms with Crippen molar-refractivity contribution in [2.75, 3.05) is 13.1 Å². The molecule has 1 aliphatic heterocycles. The standard InChI is InChI=1S/C17H25ClN2O2.ClH/c1-4-14(19)15(21)20-10-9-17(22,16(2,3)11-20)12-5-7-13(18)8-6-12;/h5-8,14,22H,4,9-11,19H2,1-3H3;1H/t14-,17+;/m1./s1. The first-order valence-corrected chi connectivity index (χ1v) is 8.19. The van der Waals surface area contributed by atoms with Gasteiger partial charge in [0.1, 0.15) is 0 Å². The number of halogens is 2. The summed E-state index contributed by atoms with van der Waals surface area (Å²) in [5.74, 6) is 0.0775. The van der Waals surface area contributed by atoms with Crippen LogP contribution >= 0.6 is 11.6 Å². The number of nitrogens with zero attached hydrogens (tertiary/aromatic N) is 1. The summed E-state index contributed by atoms with van der Waals surface area (Å²) in [5, 5.41) is 11.9. The molecule has 4 nitrogen and oxygen atoms in total. The van der Waals surface area contributed by atoms with E-state index in [4.69, 9.17) is 11.6 Å². The highest BCUT2D eigenvalue weighted by Gasteiger charge is 2.50. The van der Waals surface area contributed by atoms with Gasteiger partial charge in [0.05, 0.1) is 5.60 Å². The zero-order valence-electron chi connectivity index (χ0n) is 14.0. The topological polar surface area (TPSA) is 68.2 Å². The van der Waals surface area contributed by atoms with Crippen LogP contribution in [0.2, 0.25) is 5.02 Å². The Balaban J connectivity index is 0.00000264. The highest BCUT2D eigenvalue weighted by Crippen LogP contribution is 2.46. The van der Waals surface area contributed by atoms with Crippen LogP contribution in [0, 0.1) is 5.41 Å². The van der Waals surface area contributed by atoms with Crippen LogP contribution in [-0.4, -0.2) is 35.0 Å². The number of hydrogen-bond acceptors (Lipinski definition) is 2. The second-order valence-electron chi connectivity index (χ2n) is 6.87. The van der Waals surface area contributed by atoms with Crippen LogP contribution in [0.1, 0.15) is 39.2 Å². The van der Waals surface area contributed by atoms with Gasteiger partial charge in [-0.1, -0.05) is 44.5 Å².